The number of carbonyl (C=O) groups is 1. The first-order valence-corrected chi connectivity index (χ1v) is 5.07. The Balaban J connectivity index is 2.40. The zero-order valence-corrected chi connectivity index (χ0v) is 9.25. The van der Waals surface area contributed by atoms with Crippen LogP contribution in [-0.4, -0.2) is 36.2 Å². The van der Waals surface area contributed by atoms with E-state index in [4.69, 9.17) is 10.5 Å². The lowest BCUT2D eigenvalue weighted by Crippen LogP contribution is -2.32. The molecule has 1 saturated heterocycles. The van der Waals surface area contributed by atoms with Crippen molar-refractivity contribution in [1.82, 2.24) is 4.90 Å². The standard InChI is InChI=1S/C10H20N2O2/c1-10(2,3)14-9(13)8-4-5-12(6-8)7-11/h8H,4-7,11H2,1-3H3. The lowest BCUT2D eigenvalue weighted by Gasteiger charge is -2.22. The Morgan fingerprint density at radius 1 is 1.57 bits per heavy atom. The maximum Gasteiger partial charge on any atom is 0.310 e. The number of hydrogen-bond acceptors (Lipinski definition) is 4. The van der Waals surface area contributed by atoms with Gasteiger partial charge < -0.3 is 10.5 Å². The number of ether oxygens (including phenoxy) is 1. The summed E-state index contributed by atoms with van der Waals surface area (Å²) < 4.78 is 5.31. The summed E-state index contributed by atoms with van der Waals surface area (Å²) in [6.07, 6.45) is 0.867. The molecule has 0 aliphatic carbocycles. The third-order valence-electron chi connectivity index (χ3n) is 2.27. The molecule has 0 aromatic rings. The third-order valence-corrected chi connectivity index (χ3v) is 2.27. The van der Waals surface area contributed by atoms with Gasteiger partial charge in [0, 0.05) is 19.8 Å². The fourth-order valence-electron chi connectivity index (χ4n) is 1.58. The van der Waals surface area contributed by atoms with E-state index >= 15 is 0 Å². The number of hydrogen-bond donors (Lipinski definition) is 1. The summed E-state index contributed by atoms with van der Waals surface area (Å²) in [5.74, 6) is -0.0776. The molecule has 1 unspecified atom stereocenters. The Bertz CT molecular complexity index is 211. The van der Waals surface area contributed by atoms with Crippen LogP contribution in [0.2, 0.25) is 0 Å². The van der Waals surface area contributed by atoms with Crippen LogP contribution in [0.4, 0.5) is 0 Å². The fraction of sp³-hybridized carbons (Fsp3) is 0.900. The Hall–Kier alpha value is -0.610. The summed E-state index contributed by atoms with van der Waals surface area (Å²) in [7, 11) is 0. The van der Waals surface area contributed by atoms with Gasteiger partial charge in [0.25, 0.3) is 0 Å². The van der Waals surface area contributed by atoms with Gasteiger partial charge in [-0.15, -0.1) is 0 Å². The van der Waals surface area contributed by atoms with Crippen molar-refractivity contribution in [2.45, 2.75) is 32.8 Å². The van der Waals surface area contributed by atoms with Crippen molar-refractivity contribution in [1.29, 1.82) is 0 Å². The van der Waals surface area contributed by atoms with Crippen LogP contribution in [0.3, 0.4) is 0 Å². The van der Waals surface area contributed by atoms with Gasteiger partial charge in [0.05, 0.1) is 5.92 Å². The predicted molar refractivity (Wildman–Crippen MR) is 54.6 cm³/mol. The highest BCUT2D eigenvalue weighted by Gasteiger charge is 2.30. The number of esters is 1. The van der Waals surface area contributed by atoms with Crippen molar-refractivity contribution in [3.05, 3.63) is 0 Å². The zero-order chi connectivity index (χ0) is 10.8. The third kappa shape index (κ3) is 3.27. The summed E-state index contributed by atoms with van der Waals surface area (Å²) in [5, 5.41) is 0. The van der Waals surface area contributed by atoms with Gasteiger partial charge in [-0.3, -0.25) is 9.69 Å². The van der Waals surface area contributed by atoms with Gasteiger partial charge in [-0.2, -0.15) is 0 Å². The number of carbonyl (C=O) groups excluding carboxylic acids is 1. The Labute approximate surface area is 85.4 Å². The quantitative estimate of drug-likeness (QED) is 0.662. The van der Waals surface area contributed by atoms with Gasteiger partial charge in [0.15, 0.2) is 0 Å². The first-order valence-electron chi connectivity index (χ1n) is 5.07. The van der Waals surface area contributed by atoms with E-state index < -0.39 is 0 Å². The molecule has 0 bridgehead atoms. The fourth-order valence-corrected chi connectivity index (χ4v) is 1.58. The van der Waals surface area contributed by atoms with Crippen LogP contribution < -0.4 is 5.73 Å². The van der Waals surface area contributed by atoms with Crippen LogP contribution in [0.5, 0.6) is 0 Å². The lowest BCUT2D eigenvalue weighted by molar-refractivity contribution is -0.159. The van der Waals surface area contributed by atoms with E-state index in [1.807, 2.05) is 20.8 Å². The van der Waals surface area contributed by atoms with Gasteiger partial charge in [-0.25, -0.2) is 0 Å². The van der Waals surface area contributed by atoms with E-state index in [1.165, 1.54) is 0 Å². The molecule has 1 aliphatic rings. The molecular formula is C10H20N2O2. The summed E-state index contributed by atoms with van der Waals surface area (Å²) in [6, 6.07) is 0. The number of nitrogens with zero attached hydrogens (tertiary/aromatic N) is 1. The Morgan fingerprint density at radius 2 is 2.21 bits per heavy atom. The molecule has 0 amide bonds. The second kappa shape index (κ2) is 4.28. The normalized spacial score (nSPS) is 23.9. The lowest BCUT2D eigenvalue weighted by atomic mass is 10.1. The molecule has 1 heterocycles. The highest BCUT2D eigenvalue weighted by atomic mass is 16.6. The van der Waals surface area contributed by atoms with Gasteiger partial charge in [-0.05, 0) is 27.2 Å². The van der Waals surface area contributed by atoms with Crippen molar-refractivity contribution in [3.8, 4) is 0 Å². The van der Waals surface area contributed by atoms with E-state index in [-0.39, 0.29) is 17.5 Å². The molecule has 4 heteroatoms. The largest absolute Gasteiger partial charge is 0.460 e. The van der Waals surface area contributed by atoms with Crippen molar-refractivity contribution in [2.24, 2.45) is 11.7 Å². The molecule has 14 heavy (non-hydrogen) atoms. The van der Waals surface area contributed by atoms with Crippen LogP contribution in [-0.2, 0) is 9.53 Å². The van der Waals surface area contributed by atoms with Crippen molar-refractivity contribution >= 4 is 5.97 Å². The van der Waals surface area contributed by atoms with Crippen molar-refractivity contribution < 1.29 is 9.53 Å². The first kappa shape index (κ1) is 11.5. The minimum absolute atomic E-state index is 0.0118. The maximum absolute atomic E-state index is 11.6. The van der Waals surface area contributed by atoms with E-state index in [2.05, 4.69) is 4.90 Å². The van der Waals surface area contributed by atoms with Gasteiger partial charge in [0.1, 0.15) is 5.60 Å². The van der Waals surface area contributed by atoms with Crippen LogP contribution in [0.15, 0.2) is 0 Å². The Morgan fingerprint density at radius 3 is 2.64 bits per heavy atom. The highest BCUT2D eigenvalue weighted by molar-refractivity contribution is 5.73. The number of likely N-dealkylation sites (tertiary alicyclic amines) is 1. The molecule has 0 aromatic carbocycles. The van der Waals surface area contributed by atoms with Gasteiger partial charge in [-0.1, -0.05) is 0 Å². The predicted octanol–water partition coefficient (Wildman–Crippen LogP) is 0.566. The molecule has 0 aromatic heterocycles. The zero-order valence-electron chi connectivity index (χ0n) is 9.25. The van der Waals surface area contributed by atoms with E-state index in [1.54, 1.807) is 0 Å². The topological polar surface area (TPSA) is 55.6 Å². The average Bonchev–Trinajstić information content (AvgIpc) is 2.48. The van der Waals surface area contributed by atoms with E-state index in [0.717, 1.165) is 19.5 Å². The van der Waals surface area contributed by atoms with Gasteiger partial charge >= 0.3 is 5.97 Å². The summed E-state index contributed by atoms with van der Waals surface area (Å²) in [4.78, 5) is 13.7. The molecular weight excluding hydrogens is 180 g/mol. The number of nitrogens with two attached hydrogens (primary N) is 1. The first-order chi connectivity index (χ1) is 6.42. The molecule has 1 atom stereocenters. The van der Waals surface area contributed by atoms with Crippen LogP contribution in [0.25, 0.3) is 0 Å². The SMILES string of the molecule is CC(C)(C)OC(=O)C1CCN(CN)C1. The Kier molecular flexibility index (Phi) is 3.50. The minimum atomic E-state index is -0.382. The molecule has 82 valence electrons. The van der Waals surface area contributed by atoms with Crippen LogP contribution >= 0.6 is 0 Å². The molecule has 4 nitrogen and oxygen atoms in total. The minimum Gasteiger partial charge on any atom is -0.460 e. The molecule has 1 rings (SSSR count). The van der Waals surface area contributed by atoms with Gasteiger partial charge in [0.2, 0.25) is 0 Å². The summed E-state index contributed by atoms with van der Waals surface area (Å²) in [5.41, 5.74) is 5.12. The van der Waals surface area contributed by atoms with Crippen molar-refractivity contribution in [3.63, 3.8) is 0 Å². The van der Waals surface area contributed by atoms with Crippen LogP contribution in [0.1, 0.15) is 27.2 Å². The number of rotatable bonds is 2. The smallest absolute Gasteiger partial charge is 0.310 e. The summed E-state index contributed by atoms with van der Waals surface area (Å²) in [6.45, 7) is 7.84. The second-order valence-electron chi connectivity index (χ2n) is 4.78. The summed E-state index contributed by atoms with van der Waals surface area (Å²) >= 11 is 0. The van der Waals surface area contributed by atoms with Crippen LogP contribution in [0, 0.1) is 5.92 Å². The monoisotopic (exact) mass is 200 g/mol. The molecule has 2 N–H and O–H groups in total. The van der Waals surface area contributed by atoms with Crippen molar-refractivity contribution in [2.75, 3.05) is 19.8 Å². The van der Waals surface area contributed by atoms with E-state index in [9.17, 15) is 4.79 Å². The van der Waals surface area contributed by atoms with E-state index in [0.29, 0.717) is 6.67 Å². The molecule has 1 fully saturated rings. The molecule has 0 saturated carbocycles. The maximum atomic E-state index is 11.6. The molecule has 0 radical (unpaired) electrons. The molecule has 0 spiro atoms. The average molecular weight is 200 g/mol. The second-order valence-corrected chi connectivity index (χ2v) is 4.78. The molecule has 1 aliphatic heterocycles. The highest BCUT2D eigenvalue weighted by Crippen LogP contribution is 2.19.